The molecular formula is C20H26N4O4. The van der Waals surface area contributed by atoms with Crippen molar-refractivity contribution >= 4 is 17.8 Å². The van der Waals surface area contributed by atoms with E-state index in [2.05, 4.69) is 11.4 Å². The third kappa shape index (κ3) is 3.84. The number of fused-ring (bicyclic) bond motifs is 1. The Labute approximate surface area is 165 Å². The number of benzene rings is 1. The zero-order valence-electron chi connectivity index (χ0n) is 16.7. The molecule has 3 amide bonds. The predicted molar refractivity (Wildman–Crippen MR) is 103 cm³/mol. The number of carbonyl (C=O) groups is 2. The molecule has 0 bridgehead atoms. The van der Waals surface area contributed by atoms with E-state index >= 15 is 0 Å². The van der Waals surface area contributed by atoms with E-state index in [9.17, 15) is 14.9 Å². The van der Waals surface area contributed by atoms with Crippen molar-refractivity contribution in [3.05, 3.63) is 23.3 Å². The molecule has 1 aromatic rings. The molecule has 0 aliphatic carbocycles. The second-order valence-corrected chi connectivity index (χ2v) is 7.95. The number of methoxy groups -OCH3 is 1. The van der Waals surface area contributed by atoms with Crippen LogP contribution in [0.1, 0.15) is 50.8 Å². The molecule has 0 saturated carbocycles. The summed E-state index contributed by atoms with van der Waals surface area (Å²) in [5, 5.41) is 12.1. The lowest BCUT2D eigenvalue weighted by atomic mass is 10.0. The number of ether oxygens (including phenoxy) is 2. The van der Waals surface area contributed by atoms with Crippen LogP contribution in [0.5, 0.6) is 5.75 Å². The minimum absolute atomic E-state index is 0.152. The molecule has 1 fully saturated rings. The topological polar surface area (TPSA) is 94.9 Å². The van der Waals surface area contributed by atoms with Crippen LogP contribution in [0.3, 0.4) is 0 Å². The normalized spacial score (nSPS) is 19.0. The number of nitrogens with zero attached hydrogens (tertiary/aromatic N) is 3. The van der Waals surface area contributed by atoms with Gasteiger partial charge in [0.05, 0.1) is 37.9 Å². The van der Waals surface area contributed by atoms with Gasteiger partial charge in [0.15, 0.2) is 0 Å². The van der Waals surface area contributed by atoms with E-state index in [0.717, 1.165) is 17.5 Å². The monoisotopic (exact) mass is 386 g/mol. The molecule has 8 nitrogen and oxygen atoms in total. The number of rotatable bonds is 3. The van der Waals surface area contributed by atoms with Crippen molar-refractivity contribution in [2.75, 3.05) is 25.1 Å². The van der Waals surface area contributed by atoms with Gasteiger partial charge in [-0.25, -0.2) is 9.59 Å². The average molecular weight is 386 g/mol. The number of urea groups is 1. The van der Waals surface area contributed by atoms with Gasteiger partial charge in [-0.15, -0.1) is 0 Å². The van der Waals surface area contributed by atoms with Crippen LogP contribution in [0, 0.1) is 11.3 Å². The second-order valence-electron chi connectivity index (χ2n) is 7.95. The number of nitriles is 1. The van der Waals surface area contributed by atoms with E-state index in [-0.39, 0.29) is 12.5 Å². The van der Waals surface area contributed by atoms with Crippen molar-refractivity contribution in [3.63, 3.8) is 0 Å². The molecule has 0 spiro atoms. The lowest BCUT2D eigenvalue weighted by Crippen LogP contribution is -2.46. The highest BCUT2D eigenvalue weighted by Gasteiger charge is 2.37. The Bertz CT molecular complexity index is 825. The first-order valence-corrected chi connectivity index (χ1v) is 9.38. The van der Waals surface area contributed by atoms with E-state index in [4.69, 9.17) is 9.47 Å². The van der Waals surface area contributed by atoms with Crippen LogP contribution < -0.4 is 15.0 Å². The summed E-state index contributed by atoms with van der Waals surface area (Å²) in [6.07, 6.45) is 0.534. The van der Waals surface area contributed by atoms with Gasteiger partial charge in [-0.1, -0.05) is 0 Å². The van der Waals surface area contributed by atoms with Crippen LogP contribution >= 0.6 is 0 Å². The van der Waals surface area contributed by atoms with Crippen molar-refractivity contribution in [1.29, 1.82) is 5.26 Å². The molecule has 28 heavy (non-hydrogen) atoms. The van der Waals surface area contributed by atoms with E-state index in [1.165, 1.54) is 0 Å². The van der Waals surface area contributed by atoms with Gasteiger partial charge < -0.3 is 14.8 Å². The summed E-state index contributed by atoms with van der Waals surface area (Å²) in [7, 11) is 1.55. The summed E-state index contributed by atoms with van der Waals surface area (Å²) in [6, 6.07) is 5.30. The molecule has 1 unspecified atom stereocenters. The number of hydrogen-bond acceptors (Lipinski definition) is 5. The van der Waals surface area contributed by atoms with Crippen LogP contribution in [-0.4, -0.2) is 42.8 Å². The zero-order valence-corrected chi connectivity index (χ0v) is 16.7. The summed E-state index contributed by atoms with van der Waals surface area (Å²) in [6.45, 7) is 7.00. The maximum atomic E-state index is 12.7. The van der Waals surface area contributed by atoms with Gasteiger partial charge in [0.25, 0.3) is 0 Å². The van der Waals surface area contributed by atoms with Crippen molar-refractivity contribution in [2.45, 2.75) is 51.8 Å². The van der Waals surface area contributed by atoms with E-state index in [0.29, 0.717) is 31.1 Å². The predicted octanol–water partition coefficient (Wildman–Crippen LogP) is 3.32. The maximum absolute atomic E-state index is 12.7. The number of hydrogen-bond donors (Lipinski definition) is 1. The van der Waals surface area contributed by atoms with Gasteiger partial charge in [-0.05, 0) is 50.5 Å². The summed E-state index contributed by atoms with van der Waals surface area (Å²) in [5.41, 5.74) is 1.78. The minimum Gasteiger partial charge on any atom is -0.495 e. The van der Waals surface area contributed by atoms with Crippen LogP contribution in [0.2, 0.25) is 0 Å². The van der Waals surface area contributed by atoms with E-state index < -0.39 is 17.7 Å². The Kier molecular flexibility index (Phi) is 5.36. The van der Waals surface area contributed by atoms with E-state index in [1.807, 2.05) is 32.9 Å². The minimum atomic E-state index is -0.627. The molecule has 8 heteroatoms. The molecule has 150 valence electrons. The molecule has 0 radical (unpaired) electrons. The fourth-order valence-corrected chi connectivity index (χ4v) is 3.59. The first-order valence-electron chi connectivity index (χ1n) is 9.38. The van der Waals surface area contributed by atoms with Gasteiger partial charge in [-0.2, -0.15) is 5.26 Å². The average Bonchev–Trinajstić information content (AvgIpc) is 2.98. The Morgan fingerprint density at radius 3 is 2.75 bits per heavy atom. The number of nitrogens with one attached hydrogen (secondary N) is 1. The molecule has 1 aromatic carbocycles. The fourth-order valence-electron chi connectivity index (χ4n) is 3.59. The summed E-state index contributed by atoms with van der Waals surface area (Å²) in [4.78, 5) is 28.2. The van der Waals surface area contributed by atoms with Gasteiger partial charge in [0, 0.05) is 13.1 Å². The van der Waals surface area contributed by atoms with Crippen LogP contribution in [0.25, 0.3) is 0 Å². The molecular weight excluding hydrogens is 360 g/mol. The first kappa shape index (κ1) is 19.8. The molecule has 1 N–H and O–H groups in total. The number of carbonyl (C=O) groups excluding carboxylic acids is 2. The number of amides is 3. The molecule has 1 atom stereocenters. The van der Waals surface area contributed by atoms with E-state index in [1.54, 1.807) is 16.9 Å². The van der Waals surface area contributed by atoms with Crippen molar-refractivity contribution < 1.29 is 19.1 Å². The van der Waals surface area contributed by atoms with Crippen molar-refractivity contribution in [3.8, 4) is 11.8 Å². The molecule has 2 aliphatic heterocycles. The summed E-state index contributed by atoms with van der Waals surface area (Å²) in [5.74, 6) is 0.546. The zero-order chi connectivity index (χ0) is 20.5. The third-order valence-corrected chi connectivity index (χ3v) is 4.80. The molecule has 3 rings (SSSR count). The first-order chi connectivity index (χ1) is 13.2. The SMILES string of the molecule is COc1cc2c(cc1N1CCCNC1=O)CN(C(=O)OC(C)(C)C)C2CC#N. The third-order valence-electron chi connectivity index (χ3n) is 4.80. The lowest BCUT2D eigenvalue weighted by molar-refractivity contribution is 0.0175. The summed E-state index contributed by atoms with van der Waals surface area (Å²) < 4.78 is 11.1. The molecule has 1 saturated heterocycles. The van der Waals surface area contributed by atoms with Crippen molar-refractivity contribution in [2.24, 2.45) is 0 Å². The maximum Gasteiger partial charge on any atom is 0.411 e. The van der Waals surface area contributed by atoms with Crippen molar-refractivity contribution in [1.82, 2.24) is 10.2 Å². The smallest absolute Gasteiger partial charge is 0.411 e. The van der Waals surface area contributed by atoms with Crippen LogP contribution in [0.15, 0.2) is 12.1 Å². The Hall–Kier alpha value is -2.95. The standard InChI is InChI=1S/C20H26N4O4/c1-20(2,3)28-19(26)24-12-13-10-16(23-9-5-8-22-18(23)25)17(27-4)11-14(13)15(24)6-7-21/h10-11,15H,5-6,8-9,12H2,1-4H3,(H,22,25). The Balaban J connectivity index is 1.98. The van der Waals surface area contributed by atoms with Gasteiger partial charge in [0.2, 0.25) is 0 Å². The highest BCUT2D eigenvalue weighted by Crippen LogP contribution is 2.43. The highest BCUT2D eigenvalue weighted by molar-refractivity contribution is 5.94. The lowest BCUT2D eigenvalue weighted by Gasteiger charge is -2.29. The largest absolute Gasteiger partial charge is 0.495 e. The van der Waals surface area contributed by atoms with Crippen LogP contribution in [-0.2, 0) is 11.3 Å². The van der Waals surface area contributed by atoms with Gasteiger partial charge >= 0.3 is 12.1 Å². The quantitative estimate of drug-likeness (QED) is 0.860. The molecule has 2 heterocycles. The second kappa shape index (κ2) is 7.58. The Morgan fingerprint density at radius 2 is 2.14 bits per heavy atom. The molecule has 2 aliphatic rings. The highest BCUT2D eigenvalue weighted by atomic mass is 16.6. The Morgan fingerprint density at radius 1 is 1.39 bits per heavy atom. The molecule has 0 aromatic heterocycles. The van der Waals surface area contributed by atoms with Gasteiger partial charge in [0.1, 0.15) is 11.4 Å². The number of anilines is 1. The fraction of sp³-hybridized carbons (Fsp3) is 0.550. The summed E-state index contributed by atoms with van der Waals surface area (Å²) >= 11 is 0. The van der Waals surface area contributed by atoms with Crippen LogP contribution in [0.4, 0.5) is 15.3 Å². The van der Waals surface area contributed by atoms with Gasteiger partial charge in [-0.3, -0.25) is 9.80 Å².